The molecule has 2 aromatic rings. The first kappa shape index (κ1) is 16.4. The molecular weight excluding hydrogens is 307 g/mol. The summed E-state index contributed by atoms with van der Waals surface area (Å²) in [6, 6.07) is 4.59. The highest BCUT2D eigenvalue weighted by atomic mass is 32.2. The zero-order valence-corrected chi connectivity index (χ0v) is 13.9. The number of alkyl halides is 1. The number of fused-ring (bicyclic) bond motifs is 1. The molecule has 0 amide bonds. The number of benzene rings is 1. The van der Waals surface area contributed by atoms with Gasteiger partial charge in [0.1, 0.15) is 16.5 Å². The van der Waals surface area contributed by atoms with E-state index in [0.29, 0.717) is 5.89 Å². The van der Waals surface area contributed by atoms with Crippen LogP contribution in [0.15, 0.2) is 21.4 Å². The highest BCUT2D eigenvalue weighted by molar-refractivity contribution is 7.92. The highest BCUT2D eigenvalue weighted by Gasteiger charge is 2.40. The number of oxazole rings is 1. The Morgan fingerprint density at radius 2 is 1.82 bits per heavy atom. The van der Waals surface area contributed by atoms with Gasteiger partial charge in [0.15, 0.2) is 5.58 Å². The summed E-state index contributed by atoms with van der Waals surface area (Å²) >= 11 is 0. The summed E-state index contributed by atoms with van der Waals surface area (Å²) in [5.74, 6) is 0.325. The van der Waals surface area contributed by atoms with E-state index in [4.69, 9.17) is 4.42 Å². The summed E-state index contributed by atoms with van der Waals surface area (Å²) in [5, 5.41) is 6.63. The lowest BCUT2D eigenvalue weighted by Crippen LogP contribution is -2.27. The van der Waals surface area contributed by atoms with E-state index in [-0.39, 0.29) is 16.7 Å². The van der Waals surface area contributed by atoms with Gasteiger partial charge in [-0.2, -0.15) is 5.26 Å². The van der Waals surface area contributed by atoms with E-state index >= 15 is 0 Å². The van der Waals surface area contributed by atoms with E-state index < -0.39 is 25.1 Å². The number of halogens is 1. The molecule has 0 unspecified atom stereocenters. The fourth-order valence-corrected chi connectivity index (χ4v) is 3.17. The standard InChI is InChI=1S/C15H17FN2O3S/c1-14(2,3)13-18-10-7-6-9(8-17)12(11(10)21-13)22(19,20)15(4,5)16/h6-7H,1-5H3. The van der Waals surface area contributed by atoms with Gasteiger partial charge in [0.2, 0.25) is 20.7 Å². The van der Waals surface area contributed by atoms with E-state index in [2.05, 4.69) is 4.98 Å². The van der Waals surface area contributed by atoms with Gasteiger partial charge in [-0.05, 0) is 26.0 Å². The van der Waals surface area contributed by atoms with Gasteiger partial charge in [0.05, 0.1) is 5.56 Å². The molecule has 1 aromatic carbocycles. The Kier molecular flexibility index (Phi) is 3.57. The number of nitriles is 1. The minimum Gasteiger partial charge on any atom is -0.439 e. The largest absolute Gasteiger partial charge is 0.439 e. The zero-order valence-electron chi connectivity index (χ0n) is 13.1. The van der Waals surface area contributed by atoms with Crippen LogP contribution in [0.4, 0.5) is 4.39 Å². The van der Waals surface area contributed by atoms with Gasteiger partial charge in [-0.15, -0.1) is 0 Å². The molecule has 22 heavy (non-hydrogen) atoms. The third-order valence-corrected chi connectivity index (χ3v) is 5.40. The molecule has 0 bridgehead atoms. The third-order valence-electron chi connectivity index (χ3n) is 3.18. The minimum atomic E-state index is -4.40. The van der Waals surface area contributed by atoms with Gasteiger partial charge in [-0.3, -0.25) is 0 Å². The smallest absolute Gasteiger partial charge is 0.217 e. The average molecular weight is 324 g/mol. The minimum absolute atomic E-state index is 0.0744. The lowest BCUT2D eigenvalue weighted by molar-refractivity contribution is 0.319. The number of rotatable bonds is 2. The zero-order chi connectivity index (χ0) is 16.9. The molecule has 2 rings (SSSR count). The summed E-state index contributed by atoms with van der Waals surface area (Å²) < 4.78 is 44.7. The second kappa shape index (κ2) is 4.78. The van der Waals surface area contributed by atoms with Gasteiger partial charge in [-0.25, -0.2) is 17.8 Å². The number of nitrogens with zero attached hydrogens (tertiary/aromatic N) is 2. The molecule has 0 aliphatic heterocycles. The van der Waals surface area contributed by atoms with Gasteiger partial charge >= 0.3 is 0 Å². The monoisotopic (exact) mass is 324 g/mol. The topological polar surface area (TPSA) is 84.0 Å². The van der Waals surface area contributed by atoms with Gasteiger partial charge in [-0.1, -0.05) is 20.8 Å². The Balaban J connectivity index is 2.94. The van der Waals surface area contributed by atoms with Crippen LogP contribution in [0, 0.1) is 11.3 Å². The summed E-state index contributed by atoms with van der Waals surface area (Å²) in [7, 11) is -4.40. The average Bonchev–Trinajstić information content (AvgIpc) is 2.79. The van der Waals surface area contributed by atoms with Crippen molar-refractivity contribution in [3.05, 3.63) is 23.6 Å². The van der Waals surface area contributed by atoms with Crippen LogP contribution in [-0.2, 0) is 15.3 Å². The van der Waals surface area contributed by atoms with Crippen molar-refractivity contribution >= 4 is 20.9 Å². The van der Waals surface area contributed by atoms with Crippen molar-refractivity contribution in [3.63, 3.8) is 0 Å². The molecule has 1 aromatic heterocycles. The molecule has 0 aliphatic rings. The molecule has 0 saturated carbocycles. The van der Waals surface area contributed by atoms with Crippen LogP contribution in [-0.4, -0.2) is 18.4 Å². The quantitative estimate of drug-likeness (QED) is 0.844. The van der Waals surface area contributed by atoms with E-state index in [0.717, 1.165) is 13.8 Å². The van der Waals surface area contributed by atoms with Crippen molar-refractivity contribution in [2.75, 3.05) is 0 Å². The molecule has 1 heterocycles. The van der Waals surface area contributed by atoms with E-state index in [1.807, 2.05) is 20.8 Å². The molecule has 0 fully saturated rings. The van der Waals surface area contributed by atoms with Crippen LogP contribution in [0.1, 0.15) is 46.1 Å². The number of hydrogen-bond acceptors (Lipinski definition) is 5. The molecule has 0 saturated heterocycles. The number of sulfone groups is 1. The molecule has 7 heteroatoms. The first-order valence-electron chi connectivity index (χ1n) is 6.67. The van der Waals surface area contributed by atoms with Crippen LogP contribution in [0.3, 0.4) is 0 Å². The molecule has 0 atom stereocenters. The number of aromatic nitrogens is 1. The van der Waals surface area contributed by atoms with Gasteiger partial charge in [0.25, 0.3) is 0 Å². The van der Waals surface area contributed by atoms with Gasteiger partial charge in [0, 0.05) is 5.41 Å². The summed E-state index contributed by atoms with van der Waals surface area (Å²) in [6.07, 6.45) is 0. The molecule has 0 aliphatic carbocycles. The molecule has 0 spiro atoms. The first-order valence-corrected chi connectivity index (χ1v) is 8.15. The molecular formula is C15H17FN2O3S. The maximum atomic E-state index is 14.2. The fraction of sp³-hybridized carbons (Fsp3) is 0.467. The van der Waals surface area contributed by atoms with Crippen LogP contribution in [0.25, 0.3) is 11.1 Å². The van der Waals surface area contributed by atoms with Crippen molar-refractivity contribution in [2.45, 2.75) is 49.9 Å². The predicted molar refractivity (Wildman–Crippen MR) is 79.8 cm³/mol. The second-order valence-corrected chi connectivity index (χ2v) is 8.92. The first-order chi connectivity index (χ1) is 9.89. The highest BCUT2D eigenvalue weighted by Crippen LogP contribution is 2.36. The number of hydrogen-bond donors (Lipinski definition) is 0. The maximum Gasteiger partial charge on any atom is 0.217 e. The Hall–Kier alpha value is -1.94. The van der Waals surface area contributed by atoms with Crippen molar-refractivity contribution in [2.24, 2.45) is 0 Å². The summed E-state index contributed by atoms with van der Waals surface area (Å²) in [4.78, 5) is 3.81. The van der Waals surface area contributed by atoms with Crippen molar-refractivity contribution in [1.82, 2.24) is 4.98 Å². The van der Waals surface area contributed by atoms with Crippen molar-refractivity contribution < 1.29 is 17.2 Å². The fourth-order valence-electron chi connectivity index (χ4n) is 1.89. The molecule has 5 nitrogen and oxygen atoms in total. The molecule has 0 radical (unpaired) electrons. The predicted octanol–water partition coefficient (Wildman–Crippen LogP) is 3.48. The van der Waals surface area contributed by atoms with Gasteiger partial charge < -0.3 is 4.42 Å². The maximum absolute atomic E-state index is 14.2. The Labute approximate surface area is 128 Å². The van der Waals surface area contributed by atoms with E-state index in [1.165, 1.54) is 12.1 Å². The third kappa shape index (κ3) is 2.48. The van der Waals surface area contributed by atoms with Crippen molar-refractivity contribution in [1.29, 1.82) is 5.26 Å². The Morgan fingerprint density at radius 1 is 1.23 bits per heavy atom. The lowest BCUT2D eigenvalue weighted by Gasteiger charge is -2.16. The summed E-state index contributed by atoms with van der Waals surface area (Å²) in [6.45, 7) is 7.44. The van der Waals surface area contributed by atoms with Crippen LogP contribution in [0.2, 0.25) is 0 Å². The normalized spacial score (nSPS) is 13.3. The Morgan fingerprint density at radius 3 is 2.27 bits per heavy atom. The summed E-state index contributed by atoms with van der Waals surface area (Å²) in [5.41, 5.74) is -0.394. The van der Waals surface area contributed by atoms with Crippen molar-refractivity contribution in [3.8, 4) is 6.07 Å². The second-order valence-electron chi connectivity index (χ2n) is 6.54. The Bertz CT molecular complexity index is 878. The molecule has 0 N–H and O–H groups in total. The van der Waals surface area contributed by atoms with E-state index in [1.54, 1.807) is 6.07 Å². The van der Waals surface area contributed by atoms with Crippen LogP contribution >= 0.6 is 0 Å². The van der Waals surface area contributed by atoms with Crippen LogP contribution < -0.4 is 0 Å². The molecule has 118 valence electrons. The van der Waals surface area contributed by atoms with E-state index in [9.17, 15) is 18.1 Å². The lowest BCUT2D eigenvalue weighted by atomic mass is 9.97. The van der Waals surface area contributed by atoms with Crippen LogP contribution in [0.5, 0.6) is 0 Å². The SMILES string of the molecule is CC(C)(C)c1nc2ccc(C#N)c(S(=O)(=O)C(C)(C)F)c2o1.